The number of hydrogen-bond donors (Lipinski definition) is 0. The molecule has 0 bridgehead atoms. The van der Waals surface area contributed by atoms with E-state index in [9.17, 15) is 19.7 Å². The molecule has 9 heteroatoms. The number of ether oxygens (including phenoxy) is 2. The minimum absolute atomic E-state index is 0.0290. The van der Waals surface area contributed by atoms with Crippen molar-refractivity contribution in [3.63, 3.8) is 0 Å². The van der Waals surface area contributed by atoms with Crippen LogP contribution in [0.1, 0.15) is 68.1 Å². The number of ketones is 2. The van der Waals surface area contributed by atoms with Crippen LogP contribution in [0, 0.1) is 10.1 Å². The minimum Gasteiger partial charge on any atom is -0.490 e. The number of allylic oxidation sites excluding steroid dienone is 4. The molecule has 0 N–H and O–H groups in total. The van der Waals surface area contributed by atoms with Crippen LogP contribution in [0.4, 0.5) is 5.69 Å². The summed E-state index contributed by atoms with van der Waals surface area (Å²) in [6.07, 6.45) is 3.91. The van der Waals surface area contributed by atoms with Gasteiger partial charge in [0.2, 0.25) is 0 Å². The molecular weight excluding hydrogens is 580 g/mol. The number of carbonyl (C=O) groups is 2. The molecule has 0 unspecified atom stereocenters. The summed E-state index contributed by atoms with van der Waals surface area (Å²) in [7, 11) is 0. The molecule has 226 valence electrons. The molecule has 3 aromatic rings. The van der Waals surface area contributed by atoms with Gasteiger partial charge in [-0.05, 0) is 61.4 Å². The van der Waals surface area contributed by atoms with Gasteiger partial charge in [0.15, 0.2) is 23.1 Å². The topological polar surface area (TPSA) is 99.0 Å². The summed E-state index contributed by atoms with van der Waals surface area (Å²) in [5.74, 6) is 0.260. The summed E-state index contributed by atoms with van der Waals surface area (Å²) < 4.78 is 12.1. The summed E-state index contributed by atoms with van der Waals surface area (Å²) in [6, 6.07) is 20.0. The number of nitrogens with zero attached hydrogens (tertiary/aromatic N) is 2. The van der Waals surface area contributed by atoms with Crippen LogP contribution in [0.3, 0.4) is 0 Å². The standard InChI is InChI=1S/C35H33ClN2O6/c1-2-43-31-19-24(18-26(36)35(31)44-21-23-11-6-12-25(17-23)38(41)42)32-33-27(13-7-15-29(33)39)37(20-22-9-4-3-5-10-22)28-14-8-16-30(40)34(28)32/h3-6,9-12,17-19,32H,2,7-8,13-16,20-21H2,1H3. The third-order valence-electron chi connectivity index (χ3n) is 8.44. The zero-order valence-electron chi connectivity index (χ0n) is 24.5. The quantitative estimate of drug-likeness (QED) is 0.179. The molecule has 6 rings (SSSR count). The Bertz CT molecular complexity index is 1650. The van der Waals surface area contributed by atoms with E-state index < -0.39 is 10.8 Å². The second-order valence-corrected chi connectivity index (χ2v) is 11.7. The fraction of sp³-hybridized carbons (Fsp3) is 0.314. The molecule has 2 aliphatic carbocycles. The van der Waals surface area contributed by atoms with E-state index in [0.29, 0.717) is 59.8 Å². The van der Waals surface area contributed by atoms with Crippen molar-refractivity contribution in [2.75, 3.05) is 6.61 Å². The van der Waals surface area contributed by atoms with Crippen molar-refractivity contribution in [3.05, 3.63) is 121 Å². The van der Waals surface area contributed by atoms with Crippen molar-refractivity contribution in [2.24, 2.45) is 0 Å². The number of benzene rings is 3. The lowest BCUT2D eigenvalue weighted by atomic mass is 9.71. The lowest BCUT2D eigenvalue weighted by Gasteiger charge is -2.44. The Labute approximate surface area is 261 Å². The Morgan fingerprint density at radius 3 is 2.16 bits per heavy atom. The normalized spacial score (nSPS) is 17.0. The van der Waals surface area contributed by atoms with Crippen molar-refractivity contribution in [3.8, 4) is 11.5 Å². The Morgan fingerprint density at radius 2 is 1.52 bits per heavy atom. The average molecular weight is 613 g/mol. The Kier molecular flexibility index (Phi) is 8.53. The fourth-order valence-corrected chi connectivity index (χ4v) is 6.85. The molecular formula is C35H33ClN2O6. The highest BCUT2D eigenvalue weighted by Gasteiger charge is 2.43. The van der Waals surface area contributed by atoms with Gasteiger partial charge in [-0.15, -0.1) is 0 Å². The van der Waals surface area contributed by atoms with E-state index in [1.165, 1.54) is 12.1 Å². The summed E-state index contributed by atoms with van der Waals surface area (Å²) in [4.78, 5) is 40.5. The first-order valence-corrected chi connectivity index (χ1v) is 15.4. The molecule has 0 saturated carbocycles. The van der Waals surface area contributed by atoms with E-state index in [4.69, 9.17) is 21.1 Å². The van der Waals surface area contributed by atoms with E-state index >= 15 is 0 Å². The molecule has 0 amide bonds. The molecule has 3 aromatic carbocycles. The molecule has 0 radical (unpaired) electrons. The van der Waals surface area contributed by atoms with E-state index in [1.807, 2.05) is 31.2 Å². The third-order valence-corrected chi connectivity index (χ3v) is 8.72. The van der Waals surface area contributed by atoms with E-state index in [-0.39, 0.29) is 28.9 Å². The second-order valence-electron chi connectivity index (χ2n) is 11.3. The summed E-state index contributed by atoms with van der Waals surface area (Å²) >= 11 is 6.87. The SMILES string of the molecule is CCOc1cc(C2C3=C(CCCC3=O)N(Cc3ccccc3)C3=C2C(=O)CCC3)cc(Cl)c1OCc1cccc([N+](=O)[O-])c1. The summed E-state index contributed by atoms with van der Waals surface area (Å²) in [5, 5.41) is 11.5. The van der Waals surface area contributed by atoms with Gasteiger partial charge >= 0.3 is 0 Å². The van der Waals surface area contributed by atoms with Gasteiger partial charge in [0.1, 0.15) is 6.61 Å². The molecule has 1 heterocycles. The van der Waals surface area contributed by atoms with Crippen molar-refractivity contribution in [1.82, 2.24) is 4.90 Å². The van der Waals surface area contributed by atoms with Crippen molar-refractivity contribution in [2.45, 2.75) is 64.5 Å². The van der Waals surface area contributed by atoms with Gasteiger partial charge in [-0.1, -0.05) is 54.1 Å². The second kappa shape index (κ2) is 12.7. The Balaban J connectivity index is 1.43. The maximum Gasteiger partial charge on any atom is 0.269 e. The van der Waals surface area contributed by atoms with Gasteiger partial charge in [-0.2, -0.15) is 0 Å². The average Bonchev–Trinajstić information content (AvgIpc) is 3.02. The number of Topliss-reactive ketones (excluding diaryl/α,β-unsaturated/α-hetero) is 2. The molecule has 0 aromatic heterocycles. The van der Waals surface area contributed by atoms with Crippen molar-refractivity contribution < 1.29 is 24.0 Å². The molecule has 44 heavy (non-hydrogen) atoms. The minimum atomic E-state index is -0.546. The fourth-order valence-electron chi connectivity index (χ4n) is 6.58. The zero-order chi connectivity index (χ0) is 30.8. The van der Waals surface area contributed by atoms with Gasteiger partial charge in [0.05, 0.1) is 16.6 Å². The van der Waals surface area contributed by atoms with Gasteiger partial charge in [-0.25, -0.2) is 0 Å². The molecule has 0 spiro atoms. The monoisotopic (exact) mass is 612 g/mol. The highest BCUT2D eigenvalue weighted by atomic mass is 35.5. The van der Waals surface area contributed by atoms with Gasteiger partial charge in [0, 0.05) is 60.0 Å². The molecule has 8 nitrogen and oxygen atoms in total. The van der Waals surface area contributed by atoms with Crippen molar-refractivity contribution >= 4 is 28.9 Å². The number of halogens is 1. The van der Waals surface area contributed by atoms with Gasteiger partial charge in [-0.3, -0.25) is 19.7 Å². The predicted molar refractivity (Wildman–Crippen MR) is 167 cm³/mol. The van der Waals surface area contributed by atoms with Crippen LogP contribution in [-0.4, -0.2) is 28.0 Å². The van der Waals surface area contributed by atoms with Crippen LogP contribution in [0.5, 0.6) is 11.5 Å². The number of nitro groups is 1. The van der Waals surface area contributed by atoms with Crippen LogP contribution in [0.2, 0.25) is 5.02 Å². The Morgan fingerprint density at radius 1 is 0.864 bits per heavy atom. The maximum atomic E-state index is 13.7. The van der Waals surface area contributed by atoms with E-state index in [1.54, 1.807) is 18.2 Å². The van der Waals surface area contributed by atoms with E-state index in [0.717, 1.165) is 42.6 Å². The lowest BCUT2D eigenvalue weighted by molar-refractivity contribution is -0.384. The first-order chi connectivity index (χ1) is 21.4. The van der Waals surface area contributed by atoms with E-state index in [2.05, 4.69) is 17.0 Å². The van der Waals surface area contributed by atoms with Gasteiger partial charge < -0.3 is 14.4 Å². The predicted octanol–water partition coefficient (Wildman–Crippen LogP) is 7.84. The van der Waals surface area contributed by atoms with Crippen LogP contribution < -0.4 is 9.47 Å². The number of rotatable bonds is 9. The molecule has 0 atom stereocenters. The summed E-state index contributed by atoms with van der Waals surface area (Å²) in [6.45, 7) is 2.83. The zero-order valence-corrected chi connectivity index (χ0v) is 25.3. The number of carbonyl (C=O) groups excluding carboxylic acids is 2. The molecule has 0 saturated heterocycles. The molecule has 1 aliphatic heterocycles. The summed E-state index contributed by atoms with van der Waals surface area (Å²) in [5.41, 5.74) is 5.73. The third kappa shape index (κ3) is 5.74. The van der Waals surface area contributed by atoms with Crippen LogP contribution in [0.25, 0.3) is 0 Å². The van der Waals surface area contributed by atoms with Crippen LogP contribution in [0.15, 0.2) is 89.3 Å². The highest BCUT2D eigenvalue weighted by Crippen LogP contribution is 2.51. The first kappa shape index (κ1) is 29.6. The maximum absolute atomic E-state index is 13.7. The Hall–Kier alpha value is -4.43. The smallest absolute Gasteiger partial charge is 0.269 e. The molecule has 3 aliphatic rings. The lowest BCUT2D eigenvalue weighted by Crippen LogP contribution is -2.38. The number of hydrogen-bond acceptors (Lipinski definition) is 7. The largest absolute Gasteiger partial charge is 0.490 e. The van der Waals surface area contributed by atoms with Gasteiger partial charge in [0.25, 0.3) is 5.69 Å². The van der Waals surface area contributed by atoms with Crippen LogP contribution in [-0.2, 0) is 22.7 Å². The van der Waals surface area contributed by atoms with Crippen molar-refractivity contribution in [1.29, 1.82) is 0 Å². The first-order valence-electron chi connectivity index (χ1n) is 15.0. The highest BCUT2D eigenvalue weighted by molar-refractivity contribution is 6.32. The van der Waals surface area contributed by atoms with Crippen LogP contribution >= 0.6 is 11.6 Å². The molecule has 0 fully saturated rings. The number of nitro benzene ring substituents is 1. The number of non-ortho nitro benzene ring substituents is 1.